The van der Waals surface area contributed by atoms with E-state index in [0.29, 0.717) is 18.5 Å². The standard InChI is InChI=1S/C22H30N2O7S/c1-21(2,27)13-7-5-6-8-16-9-11-17(12-10-16)24-15-18(31-20(24)26)14-22(3,19(25)23-28)32(4,29)30/h9-12,18,27-28H,5,7,13-15H2,1-4H3,(H,23,25)/t18-,22+/m0/s1. The lowest BCUT2D eigenvalue weighted by atomic mass is 10.0. The molecule has 0 aromatic heterocycles. The first-order valence-electron chi connectivity index (χ1n) is 10.2. The van der Waals surface area contributed by atoms with Gasteiger partial charge in [0.1, 0.15) is 6.10 Å². The van der Waals surface area contributed by atoms with Gasteiger partial charge < -0.3 is 9.84 Å². The fourth-order valence-electron chi connectivity index (χ4n) is 3.30. The summed E-state index contributed by atoms with van der Waals surface area (Å²) in [6.45, 7) is 4.76. The molecule has 1 heterocycles. The van der Waals surface area contributed by atoms with Gasteiger partial charge in [-0.2, -0.15) is 0 Å². The first kappa shape index (κ1) is 25.6. The molecule has 1 aliphatic rings. The third-order valence-electron chi connectivity index (χ3n) is 5.39. The van der Waals surface area contributed by atoms with Crippen LogP contribution in [0.15, 0.2) is 24.3 Å². The summed E-state index contributed by atoms with van der Waals surface area (Å²) in [7, 11) is -3.90. The maximum Gasteiger partial charge on any atom is 0.414 e. The van der Waals surface area contributed by atoms with E-state index in [0.717, 1.165) is 18.2 Å². The summed E-state index contributed by atoms with van der Waals surface area (Å²) in [5.41, 5.74) is 2.00. The molecule has 32 heavy (non-hydrogen) atoms. The van der Waals surface area contributed by atoms with Crippen molar-refractivity contribution in [3.8, 4) is 11.8 Å². The van der Waals surface area contributed by atoms with Crippen molar-refractivity contribution in [2.45, 2.75) is 62.9 Å². The van der Waals surface area contributed by atoms with Crippen LogP contribution in [-0.4, -0.2) is 60.0 Å². The van der Waals surface area contributed by atoms with E-state index in [2.05, 4.69) is 11.8 Å². The largest absolute Gasteiger partial charge is 0.444 e. The zero-order valence-electron chi connectivity index (χ0n) is 18.7. The number of nitrogens with one attached hydrogen (secondary N) is 1. The predicted octanol–water partition coefficient (Wildman–Crippen LogP) is 2.00. The Bertz CT molecular complexity index is 1000. The molecule has 2 amide bonds. The zero-order chi connectivity index (χ0) is 24.2. The maximum atomic E-state index is 12.3. The van der Waals surface area contributed by atoms with Crippen LogP contribution in [0, 0.1) is 11.8 Å². The van der Waals surface area contributed by atoms with Crippen molar-refractivity contribution in [3.05, 3.63) is 29.8 Å². The number of benzene rings is 1. The molecule has 1 aromatic carbocycles. The summed E-state index contributed by atoms with van der Waals surface area (Å²) in [5.74, 6) is 5.00. The number of sulfone groups is 1. The molecule has 2 rings (SSSR count). The van der Waals surface area contributed by atoms with Gasteiger partial charge in [-0.1, -0.05) is 11.8 Å². The molecule has 3 N–H and O–H groups in total. The molecule has 0 spiro atoms. The lowest BCUT2D eigenvalue weighted by Crippen LogP contribution is -2.51. The Hall–Kier alpha value is -2.61. The number of hydroxylamine groups is 1. The summed E-state index contributed by atoms with van der Waals surface area (Å²) >= 11 is 0. The number of cyclic esters (lactones) is 1. The molecule has 10 heteroatoms. The summed E-state index contributed by atoms with van der Waals surface area (Å²) in [6.07, 6.45) is 1.20. The van der Waals surface area contributed by atoms with Crippen LogP contribution in [0.4, 0.5) is 10.5 Å². The fraction of sp³-hybridized carbons (Fsp3) is 0.545. The van der Waals surface area contributed by atoms with E-state index in [4.69, 9.17) is 9.94 Å². The van der Waals surface area contributed by atoms with E-state index in [1.54, 1.807) is 38.1 Å². The number of carbonyl (C=O) groups excluding carboxylic acids is 2. The highest BCUT2D eigenvalue weighted by atomic mass is 32.2. The van der Waals surface area contributed by atoms with Crippen molar-refractivity contribution in [2.75, 3.05) is 17.7 Å². The lowest BCUT2D eigenvalue weighted by Gasteiger charge is -2.26. The molecule has 176 valence electrons. The molecule has 9 nitrogen and oxygen atoms in total. The lowest BCUT2D eigenvalue weighted by molar-refractivity contribution is -0.132. The highest BCUT2D eigenvalue weighted by Crippen LogP contribution is 2.30. The van der Waals surface area contributed by atoms with Crippen molar-refractivity contribution < 1.29 is 33.1 Å². The van der Waals surface area contributed by atoms with E-state index in [1.807, 2.05) is 0 Å². The van der Waals surface area contributed by atoms with Crippen LogP contribution in [-0.2, 0) is 19.4 Å². The molecule has 1 fully saturated rings. The van der Waals surface area contributed by atoms with Crippen LogP contribution in [0.3, 0.4) is 0 Å². The Kier molecular flexibility index (Phi) is 7.93. The minimum Gasteiger partial charge on any atom is -0.444 e. The topological polar surface area (TPSA) is 133 Å². The van der Waals surface area contributed by atoms with E-state index in [9.17, 15) is 23.1 Å². The van der Waals surface area contributed by atoms with Crippen molar-refractivity contribution in [2.24, 2.45) is 0 Å². The normalized spacial score (nSPS) is 18.4. The van der Waals surface area contributed by atoms with E-state index >= 15 is 0 Å². The average molecular weight is 467 g/mol. The predicted molar refractivity (Wildman–Crippen MR) is 119 cm³/mol. The summed E-state index contributed by atoms with van der Waals surface area (Å²) in [5, 5.41) is 18.6. The number of rotatable bonds is 8. The van der Waals surface area contributed by atoms with Crippen LogP contribution < -0.4 is 10.4 Å². The van der Waals surface area contributed by atoms with Gasteiger partial charge in [0.05, 0.1) is 12.1 Å². The van der Waals surface area contributed by atoms with Gasteiger partial charge >= 0.3 is 6.09 Å². The van der Waals surface area contributed by atoms with Gasteiger partial charge in [0.15, 0.2) is 14.6 Å². The Labute approximate surface area is 188 Å². The molecule has 0 bridgehead atoms. The van der Waals surface area contributed by atoms with Crippen LogP contribution in [0.25, 0.3) is 0 Å². The number of unbranched alkanes of at least 4 members (excludes halogenated alkanes) is 1. The average Bonchev–Trinajstić information content (AvgIpc) is 3.05. The summed E-state index contributed by atoms with van der Waals surface area (Å²) in [4.78, 5) is 25.7. The minimum atomic E-state index is -3.90. The van der Waals surface area contributed by atoms with Gasteiger partial charge in [-0.15, -0.1) is 0 Å². The van der Waals surface area contributed by atoms with Crippen molar-refractivity contribution >= 4 is 27.5 Å². The molecule has 2 atom stereocenters. The number of ether oxygens (including phenoxy) is 1. The van der Waals surface area contributed by atoms with E-state index in [-0.39, 0.29) is 13.0 Å². The molecular weight excluding hydrogens is 436 g/mol. The number of aliphatic hydroxyl groups is 1. The molecular formula is C22H30N2O7S. The molecule has 0 radical (unpaired) electrons. The SMILES string of the molecule is CC(C)(O)CCCC#Cc1ccc(N2C[C@H](C[C@](C)(C(=O)NO)S(C)(=O)=O)OC2=O)cc1. The third kappa shape index (κ3) is 6.45. The highest BCUT2D eigenvalue weighted by Gasteiger charge is 2.48. The molecule has 0 aliphatic carbocycles. The molecule has 0 saturated carbocycles. The van der Waals surface area contributed by atoms with Crippen molar-refractivity contribution in [3.63, 3.8) is 0 Å². The molecule has 1 aliphatic heterocycles. The van der Waals surface area contributed by atoms with E-state index < -0.39 is 38.3 Å². The van der Waals surface area contributed by atoms with Gasteiger partial charge in [0.2, 0.25) is 0 Å². The van der Waals surface area contributed by atoms with Crippen molar-refractivity contribution in [1.29, 1.82) is 0 Å². The van der Waals surface area contributed by atoms with Crippen LogP contribution in [0.5, 0.6) is 0 Å². The van der Waals surface area contributed by atoms with Crippen LogP contribution in [0.2, 0.25) is 0 Å². The molecule has 0 unspecified atom stereocenters. The van der Waals surface area contributed by atoms with Crippen LogP contribution in [0.1, 0.15) is 52.0 Å². The summed E-state index contributed by atoms with van der Waals surface area (Å²) < 4.78 is 27.6. The number of hydrogen-bond donors (Lipinski definition) is 3. The Morgan fingerprint density at radius 3 is 2.44 bits per heavy atom. The number of amides is 2. The summed E-state index contributed by atoms with van der Waals surface area (Å²) in [6, 6.07) is 6.94. The number of hydrogen-bond acceptors (Lipinski definition) is 7. The van der Waals surface area contributed by atoms with Gasteiger partial charge in [-0.05, 0) is 57.9 Å². The van der Waals surface area contributed by atoms with Gasteiger partial charge in [0, 0.05) is 30.3 Å². The van der Waals surface area contributed by atoms with Gasteiger partial charge in [-0.25, -0.2) is 18.7 Å². The quantitative estimate of drug-likeness (QED) is 0.231. The van der Waals surface area contributed by atoms with Crippen LogP contribution >= 0.6 is 0 Å². The minimum absolute atomic E-state index is 0.0601. The first-order chi connectivity index (χ1) is 14.8. The zero-order valence-corrected chi connectivity index (χ0v) is 19.5. The number of anilines is 1. The molecule has 1 saturated heterocycles. The second-order valence-electron chi connectivity index (χ2n) is 8.78. The second-order valence-corrected chi connectivity index (χ2v) is 11.2. The molecule has 1 aromatic rings. The van der Waals surface area contributed by atoms with E-state index in [1.165, 1.54) is 17.3 Å². The maximum absolute atomic E-state index is 12.3. The Morgan fingerprint density at radius 2 is 1.91 bits per heavy atom. The number of carbonyl (C=O) groups is 2. The first-order valence-corrected chi connectivity index (χ1v) is 12.1. The Balaban J connectivity index is 2.03. The third-order valence-corrected chi connectivity index (χ3v) is 7.38. The fourth-order valence-corrected chi connectivity index (χ4v) is 4.17. The smallest absolute Gasteiger partial charge is 0.414 e. The van der Waals surface area contributed by atoms with Gasteiger partial charge in [-0.3, -0.25) is 14.9 Å². The monoisotopic (exact) mass is 466 g/mol. The highest BCUT2D eigenvalue weighted by molar-refractivity contribution is 7.92. The Morgan fingerprint density at radius 1 is 1.28 bits per heavy atom. The number of nitrogens with zero attached hydrogens (tertiary/aromatic N) is 1. The second kappa shape index (κ2) is 9.90. The van der Waals surface area contributed by atoms with Gasteiger partial charge in [0.25, 0.3) is 5.91 Å². The van der Waals surface area contributed by atoms with Crippen molar-refractivity contribution in [1.82, 2.24) is 5.48 Å².